The van der Waals surface area contributed by atoms with Crippen LogP contribution in [0, 0.1) is 6.92 Å². The van der Waals surface area contributed by atoms with Crippen LogP contribution in [-0.4, -0.2) is 4.57 Å². The van der Waals surface area contributed by atoms with Crippen LogP contribution in [0.25, 0.3) is 10.8 Å². The van der Waals surface area contributed by atoms with Gasteiger partial charge in [0.25, 0.3) is 5.56 Å². The molecule has 1 aliphatic rings. The van der Waals surface area contributed by atoms with Crippen LogP contribution in [0.5, 0.6) is 0 Å². The monoisotopic (exact) mass is 380 g/mol. The standard InChI is InChI=1S/C23H25ClN2O/c1-15(2)26-13-10-17-8-9-18(14-19(17)22(26)27)25-23(11-5-12-23)20-6-4-7-21(24)16(20)3/h4,6-10,13-15,25H,5,11-12H2,1-3H3. The summed E-state index contributed by atoms with van der Waals surface area (Å²) in [4.78, 5) is 12.9. The number of fused-ring (bicyclic) bond motifs is 1. The first kappa shape index (κ1) is 18.1. The second-order valence-electron chi connectivity index (χ2n) is 7.90. The Morgan fingerprint density at radius 1 is 1.15 bits per heavy atom. The molecule has 140 valence electrons. The van der Waals surface area contributed by atoms with Crippen molar-refractivity contribution in [2.75, 3.05) is 5.32 Å². The smallest absolute Gasteiger partial charge is 0.258 e. The number of aromatic nitrogens is 1. The summed E-state index contributed by atoms with van der Waals surface area (Å²) in [5, 5.41) is 6.28. The molecule has 1 heterocycles. The first-order chi connectivity index (χ1) is 12.9. The van der Waals surface area contributed by atoms with E-state index in [4.69, 9.17) is 11.6 Å². The van der Waals surface area contributed by atoms with E-state index in [0.29, 0.717) is 0 Å². The van der Waals surface area contributed by atoms with Gasteiger partial charge in [0.1, 0.15) is 0 Å². The van der Waals surface area contributed by atoms with E-state index in [2.05, 4.69) is 24.4 Å². The molecular weight excluding hydrogens is 356 g/mol. The summed E-state index contributed by atoms with van der Waals surface area (Å²) in [5.41, 5.74) is 3.34. The molecule has 27 heavy (non-hydrogen) atoms. The van der Waals surface area contributed by atoms with Gasteiger partial charge in [0, 0.05) is 28.3 Å². The molecule has 0 amide bonds. The number of nitrogens with one attached hydrogen (secondary N) is 1. The number of benzene rings is 2. The fourth-order valence-electron chi connectivity index (χ4n) is 4.13. The highest BCUT2D eigenvalue weighted by atomic mass is 35.5. The minimum Gasteiger partial charge on any atom is -0.375 e. The Morgan fingerprint density at radius 2 is 1.93 bits per heavy atom. The fraction of sp³-hybridized carbons (Fsp3) is 0.348. The quantitative estimate of drug-likeness (QED) is 0.599. The van der Waals surface area contributed by atoms with Crippen LogP contribution in [0.2, 0.25) is 5.02 Å². The van der Waals surface area contributed by atoms with E-state index < -0.39 is 0 Å². The highest BCUT2D eigenvalue weighted by molar-refractivity contribution is 6.31. The number of hydrogen-bond donors (Lipinski definition) is 1. The molecule has 0 bridgehead atoms. The second-order valence-corrected chi connectivity index (χ2v) is 8.30. The molecule has 4 rings (SSSR count). The van der Waals surface area contributed by atoms with Crippen LogP contribution in [0.4, 0.5) is 5.69 Å². The van der Waals surface area contributed by atoms with Crippen LogP contribution in [0.3, 0.4) is 0 Å². The van der Waals surface area contributed by atoms with Crippen molar-refractivity contribution in [2.24, 2.45) is 0 Å². The molecule has 2 aromatic carbocycles. The molecule has 0 aliphatic heterocycles. The summed E-state index contributed by atoms with van der Waals surface area (Å²) in [6.45, 7) is 6.14. The first-order valence-electron chi connectivity index (χ1n) is 9.60. The molecule has 1 N–H and O–H groups in total. The summed E-state index contributed by atoms with van der Waals surface area (Å²) in [7, 11) is 0. The summed E-state index contributed by atoms with van der Waals surface area (Å²) in [6, 6.07) is 14.4. The molecule has 0 atom stereocenters. The van der Waals surface area contributed by atoms with Gasteiger partial charge in [-0.3, -0.25) is 4.79 Å². The Labute approximate surface area is 165 Å². The Hall–Kier alpha value is -2.26. The van der Waals surface area contributed by atoms with Gasteiger partial charge < -0.3 is 9.88 Å². The number of anilines is 1. The second kappa shape index (κ2) is 6.72. The van der Waals surface area contributed by atoms with E-state index in [0.717, 1.165) is 39.9 Å². The number of halogens is 1. The van der Waals surface area contributed by atoms with Gasteiger partial charge in [0.05, 0.1) is 5.54 Å². The van der Waals surface area contributed by atoms with Gasteiger partial charge in [-0.05, 0) is 80.8 Å². The van der Waals surface area contributed by atoms with Crippen molar-refractivity contribution in [3.05, 3.63) is 75.2 Å². The molecule has 0 unspecified atom stereocenters. The molecule has 3 aromatic rings. The van der Waals surface area contributed by atoms with Gasteiger partial charge >= 0.3 is 0 Å². The zero-order chi connectivity index (χ0) is 19.2. The zero-order valence-electron chi connectivity index (χ0n) is 16.1. The van der Waals surface area contributed by atoms with Gasteiger partial charge in [-0.1, -0.05) is 29.8 Å². The maximum atomic E-state index is 12.9. The normalized spacial score (nSPS) is 15.7. The average Bonchev–Trinajstić information content (AvgIpc) is 2.61. The van der Waals surface area contributed by atoms with Crippen molar-refractivity contribution in [1.82, 2.24) is 4.57 Å². The van der Waals surface area contributed by atoms with Crippen LogP contribution in [0.15, 0.2) is 53.5 Å². The predicted molar refractivity (Wildman–Crippen MR) is 114 cm³/mol. The Morgan fingerprint density at radius 3 is 2.59 bits per heavy atom. The highest BCUT2D eigenvalue weighted by Gasteiger charge is 2.40. The minimum absolute atomic E-state index is 0.0627. The first-order valence-corrected chi connectivity index (χ1v) is 9.98. The molecule has 0 spiro atoms. The van der Waals surface area contributed by atoms with E-state index in [1.54, 1.807) is 4.57 Å². The molecule has 1 fully saturated rings. The van der Waals surface area contributed by atoms with Crippen LogP contribution < -0.4 is 10.9 Å². The summed E-state index contributed by atoms with van der Waals surface area (Å²) in [6.07, 6.45) is 5.20. The topological polar surface area (TPSA) is 34.0 Å². The van der Waals surface area contributed by atoms with Gasteiger partial charge in [-0.15, -0.1) is 0 Å². The fourth-order valence-corrected chi connectivity index (χ4v) is 4.31. The Balaban J connectivity index is 1.77. The summed E-state index contributed by atoms with van der Waals surface area (Å²) in [5.74, 6) is 0. The molecule has 0 radical (unpaired) electrons. The van der Waals surface area contributed by atoms with Crippen molar-refractivity contribution in [1.29, 1.82) is 0 Å². The van der Waals surface area contributed by atoms with Gasteiger partial charge in [-0.2, -0.15) is 0 Å². The van der Waals surface area contributed by atoms with E-state index >= 15 is 0 Å². The molecule has 1 aliphatic carbocycles. The van der Waals surface area contributed by atoms with Crippen molar-refractivity contribution < 1.29 is 0 Å². The summed E-state index contributed by atoms with van der Waals surface area (Å²) >= 11 is 6.38. The van der Waals surface area contributed by atoms with E-state index in [1.165, 1.54) is 12.0 Å². The third-order valence-electron chi connectivity index (χ3n) is 5.86. The molecule has 0 saturated heterocycles. The predicted octanol–water partition coefficient (Wildman–Crippen LogP) is 6.04. The lowest BCUT2D eigenvalue weighted by Crippen LogP contribution is -2.42. The van der Waals surface area contributed by atoms with Crippen LogP contribution in [0.1, 0.15) is 50.3 Å². The molecule has 1 aromatic heterocycles. The molecule has 4 heteroatoms. The van der Waals surface area contributed by atoms with Crippen LogP contribution >= 0.6 is 11.6 Å². The van der Waals surface area contributed by atoms with Gasteiger partial charge in [0.2, 0.25) is 0 Å². The lowest BCUT2D eigenvalue weighted by Gasteiger charge is -2.45. The Kier molecular flexibility index (Phi) is 4.51. The van der Waals surface area contributed by atoms with E-state index in [1.807, 2.05) is 50.4 Å². The highest BCUT2D eigenvalue weighted by Crippen LogP contribution is 2.46. The third-order valence-corrected chi connectivity index (χ3v) is 6.27. The SMILES string of the molecule is Cc1c(Cl)cccc1C1(Nc2ccc3ccn(C(C)C)c(=O)c3c2)CCC1. The van der Waals surface area contributed by atoms with E-state index in [-0.39, 0.29) is 17.1 Å². The largest absolute Gasteiger partial charge is 0.375 e. The van der Waals surface area contributed by atoms with Crippen molar-refractivity contribution in [3.63, 3.8) is 0 Å². The third kappa shape index (κ3) is 3.04. The summed E-state index contributed by atoms with van der Waals surface area (Å²) < 4.78 is 1.78. The Bertz CT molecular complexity index is 1060. The average molecular weight is 381 g/mol. The lowest BCUT2D eigenvalue weighted by atomic mass is 9.70. The number of pyridine rings is 1. The number of nitrogens with zero attached hydrogens (tertiary/aromatic N) is 1. The molecule has 1 saturated carbocycles. The molecular formula is C23H25ClN2O. The number of rotatable bonds is 4. The maximum Gasteiger partial charge on any atom is 0.258 e. The van der Waals surface area contributed by atoms with Crippen molar-refractivity contribution >= 4 is 28.1 Å². The van der Waals surface area contributed by atoms with Crippen molar-refractivity contribution in [2.45, 2.75) is 51.6 Å². The minimum atomic E-state index is -0.103. The van der Waals surface area contributed by atoms with Crippen molar-refractivity contribution in [3.8, 4) is 0 Å². The molecule has 3 nitrogen and oxygen atoms in total. The van der Waals surface area contributed by atoms with Gasteiger partial charge in [-0.25, -0.2) is 0 Å². The number of hydrogen-bond acceptors (Lipinski definition) is 2. The lowest BCUT2D eigenvalue weighted by molar-refractivity contribution is 0.283. The van der Waals surface area contributed by atoms with E-state index in [9.17, 15) is 4.79 Å². The zero-order valence-corrected chi connectivity index (χ0v) is 16.8. The van der Waals surface area contributed by atoms with Crippen LogP contribution in [-0.2, 0) is 5.54 Å². The maximum absolute atomic E-state index is 12.9. The van der Waals surface area contributed by atoms with Gasteiger partial charge in [0.15, 0.2) is 0 Å².